The minimum absolute atomic E-state index is 0.217. The number of nitrogens with zero attached hydrogens (tertiary/aromatic N) is 1. The fraction of sp³-hybridized carbons (Fsp3) is 0.500. The van der Waals surface area contributed by atoms with Crippen LogP contribution in [0.15, 0.2) is 12.1 Å². The Bertz CT molecular complexity index is 771. The Morgan fingerprint density at radius 2 is 2.25 bits per heavy atom. The Kier molecular flexibility index (Phi) is 4.99. The molecule has 1 atom stereocenters. The first-order valence-electron chi connectivity index (χ1n) is 8.24. The van der Waals surface area contributed by atoms with Crippen molar-refractivity contribution in [2.24, 2.45) is 0 Å². The fourth-order valence-corrected chi connectivity index (χ4v) is 4.00. The summed E-state index contributed by atoms with van der Waals surface area (Å²) in [5, 5.41) is 1.35. The second kappa shape index (κ2) is 7.01. The zero-order chi connectivity index (χ0) is 17.3. The summed E-state index contributed by atoms with van der Waals surface area (Å²) in [6, 6.07) is 3.55. The van der Waals surface area contributed by atoms with Gasteiger partial charge in [-0.25, -0.2) is 4.39 Å². The average Bonchev–Trinajstić information content (AvgIpc) is 2.92. The lowest BCUT2D eigenvalue weighted by atomic mass is 9.85. The molecule has 0 saturated carbocycles. The molecule has 0 spiro atoms. The van der Waals surface area contributed by atoms with Crippen molar-refractivity contribution >= 4 is 28.5 Å². The number of rotatable bonds is 5. The lowest BCUT2D eigenvalue weighted by Crippen LogP contribution is -2.21. The van der Waals surface area contributed by atoms with Crippen molar-refractivity contribution in [3.63, 3.8) is 0 Å². The van der Waals surface area contributed by atoms with E-state index in [1.165, 1.54) is 0 Å². The van der Waals surface area contributed by atoms with Gasteiger partial charge >= 0.3 is 5.97 Å². The molecule has 0 bridgehead atoms. The van der Waals surface area contributed by atoms with E-state index in [4.69, 9.17) is 21.1 Å². The summed E-state index contributed by atoms with van der Waals surface area (Å²) < 4.78 is 25.8. The van der Waals surface area contributed by atoms with E-state index in [1.807, 2.05) is 4.57 Å². The van der Waals surface area contributed by atoms with Gasteiger partial charge in [-0.05, 0) is 43.9 Å². The highest BCUT2D eigenvalue weighted by Crippen LogP contribution is 2.45. The van der Waals surface area contributed by atoms with Crippen molar-refractivity contribution in [1.29, 1.82) is 0 Å². The smallest absolute Gasteiger partial charge is 0.313 e. The number of carbonyl (C=O) groups is 1. The van der Waals surface area contributed by atoms with Gasteiger partial charge in [-0.3, -0.25) is 4.79 Å². The largest absolute Gasteiger partial charge is 0.496 e. The molecule has 0 aliphatic heterocycles. The molecule has 2 aromatic rings. The molecule has 0 radical (unpaired) electrons. The molecule has 1 aromatic carbocycles. The van der Waals surface area contributed by atoms with Gasteiger partial charge in [0.15, 0.2) is 0 Å². The third kappa shape index (κ3) is 2.65. The van der Waals surface area contributed by atoms with Crippen LogP contribution in [0.2, 0.25) is 5.02 Å². The molecule has 24 heavy (non-hydrogen) atoms. The molecule has 130 valence electrons. The summed E-state index contributed by atoms with van der Waals surface area (Å²) in [4.78, 5) is 12.5. The maximum Gasteiger partial charge on any atom is 0.313 e. The number of esters is 1. The number of alkyl halides is 1. The Labute approximate surface area is 145 Å². The maximum atomic E-state index is 13.2. The zero-order valence-corrected chi connectivity index (χ0v) is 14.7. The molecule has 0 amide bonds. The van der Waals surface area contributed by atoms with E-state index in [9.17, 15) is 9.18 Å². The molecule has 1 aliphatic rings. The summed E-state index contributed by atoms with van der Waals surface area (Å²) in [6.45, 7) is 1.86. The van der Waals surface area contributed by atoms with Crippen LogP contribution in [0.1, 0.15) is 36.9 Å². The molecule has 0 fully saturated rings. The number of ether oxygens (including phenoxy) is 2. The topological polar surface area (TPSA) is 40.5 Å². The molecule has 6 heteroatoms. The summed E-state index contributed by atoms with van der Waals surface area (Å²) in [5.74, 6) is 0.0589. The summed E-state index contributed by atoms with van der Waals surface area (Å²) >= 11 is 6.42. The molecule has 0 N–H and O–H groups in total. The molecule has 1 aromatic heterocycles. The van der Waals surface area contributed by atoms with Crippen LogP contribution >= 0.6 is 11.6 Å². The first-order valence-corrected chi connectivity index (χ1v) is 8.61. The van der Waals surface area contributed by atoms with E-state index in [1.54, 1.807) is 26.2 Å². The number of halogens is 2. The highest BCUT2D eigenvalue weighted by Gasteiger charge is 2.34. The van der Waals surface area contributed by atoms with Crippen LogP contribution in [0.25, 0.3) is 10.9 Å². The van der Waals surface area contributed by atoms with Crippen LogP contribution in [-0.4, -0.2) is 30.9 Å². The number of hydrogen-bond acceptors (Lipinski definition) is 3. The number of fused-ring (bicyclic) bond motifs is 3. The summed E-state index contributed by atoms with van der Waals surface area (Å²) in [7, 11) is 1.59. The number of carbonyl (C=O) groups excluding carboxylic acids is 1. The van der Waals surface area contributed by atoms with Crippen LogP contribution in [-0.2, 0) is 22.5 Å². The maximum absolute atomic E-state index is 13.2. The van der Waals surface area contributed by atoms with E-state index in [2.05, 4.69) is 0 Å². The van der Waals surface area contributed by atoms with Crippen molar-refractivity contribution in [3.05, 3.63) is 28.4 Å². The lowest BCUT2D eigenvalue weighted by Gasteiger charge is -2.23. The molecular formula is C18H21ClFNO3. The van der Waals surface area contributed by atoms with E-state index >= 15 is 0 Å². The third-order valence-electron chi connectivity index (χ3n) is 4.62. The first kappa shape index (κ1) is 17.1. The number of aryl methyl sites for hydroxylation is 1. The molecule has 1 heterocycles. The molecule has 4 nitrogen and oxygen atoms in total. The van der Waals surface area contributed by atoms with Gasteiger partial charge in [0.05, 0.1) is 36.7 Å². The molecule has 0 saturated heterocycles. The van der Waals surface area contributed by atoms with E-state index in [0.29, 0.717) is 17.4 Å². The first-order chi connectivity index (χ1) is 11.6. The van der Waals surface area contributed by atoms with Gasteiger partial charge in [0.2, 0.25) is 0 Å². The van der Waals surface area contributed by atoms with Crippen LogP contribution in [0, 0.1) is 0 Å². The quantitative estimate of drug-likeness (QED) is 0.754. The Hall–Kier alpha value is -1.75. The second-order valence-corrected chi connectivity index (χ2v) is 6.28. The van der Waals surface area contributed by atoms with Gasteiger partial charge in [0, 0.05) is 11.1 Å². The number of aromatic nitrogens is 1. The monoisotopic (exact) mass is 353 g/mol. The number of hydrogen-bond donors (Lipinski definition) is 0. The van der Waals surface area contributed by atoms with Gasteiger partial charge in [-0.1, -0.05) is 11.6 Å². The minimum Gasteiger partial charge on any atom is -0.496 e. The highest BCUT2D eigenvalue weighted by molar-refractivity contribution is 6.35. The molecule has 1 aliphatic carbocycles. The Morgan fingerprint density at radius 1 is 1.46 bits per heavy atom. The molecule has 1 unspecified atom stereocenters. The van der Waals surface area contributed by atoms with Crippen molar-refractivity contribution in [2.45, 2.75) is 38.6 Å². The fourth-order valence-electron chi connectivity index (χ4n) is 3.74. The lowest BCUT2D eigenvalue weighted by molar-refractivity contribution is -0.145. The third-order valence-corrected chi connectivity index (χ3v) is 4.93. The van der Waals surface area contributed by atoms with Gasteiger partial charge in [-0.2, -0.15) is 0 Å². The Morgan fingerprint density at radius 3 is 2.92 bits per heavy atom. The number of benzene rings is 1. The predicted octanol–water partition coefficient (Wildman–Crippen LogP) is 4.26. The van der Waals surface area contributed by atoms with Gasteiger partial charge in [0.1, 0.15) is 12.4 Å². The standard InChI is InChI=1S/C18H21ClFNO3/c1-3-24-18(22)11-5-4-6-13-15(11)16-14(23-2)8-7-12(19)17(16)21(13)10-9-20/h7-8,11H,3-6,9-10H2,1-2H3. The average molecular weight is 354 g/mol. The van der Waals surface area contributed by atoms with Gasteiger partial charge in [-0.15, -0.1) is 0 Å². The predicted molar refractivity (Wildman–Crippen MR) is 91.8 cm³/mol. The number of methoxy groups -OCH3 is 1. The normalized spacial score (nSPS) is 16.9. The molecular weight excluding hydrogens is 333 g/mol. The molecule has 3 rings (SSSR count). The van der Waals surface area contributed by atoms with Crippen LogP contribution in [0.4, 0.5) is 4.39 Å². The van der Waals surface area contributed by atoms with Gasteiger partial charge in [0.25, 0.3) is 0 Å². The van der Waals surface area contributed by atoms with Gasteiger partial charge < -0.3 is 14.0 Å². The van der Waals surface area contributed by atoms with Crippen molar-refractivity contribution in [1.82, 2.24) is 4.57 Å². The minimum atomic E-state index is -0.492. The van der Waals surface area contributed by atoms with E-state index in [-0.39, 0.29) is 18.4 Å². The van der Waals surface area contributed by atoms with E-state index in [0.717, 1.165) is 41.4 Å². The van der Waals surface area contributed by atoms with Crippen LogP contribution < -0.4 is 4.74 Å². The highest BCUT2D eigenvalue weighted by atomic mass is 35.5. The second-order valence-electron chi connectivity index (χ2n) is 5.87. The van der Waals surface area contributed by atoms with Crippen LogP contribution in [0.5, 0.6) is 5.75 Å². The van der Waals surface area contributed by atoms with Crippen molar-refractivity contribution in [3.8, 4) is 5.75 Å². The zero-order valence-electron chi connectivity index (χ0n) is 13.9. The summed E-state index contributed by atoms with van der Waals surface area (Å²) in [5.41, 5.74) is 2.61. The van der Waals surface area contributed by atoms with Crippen molar-refractivity contribution < 1.29 is 18.7 Å². The van der Waals surface area contributed by atoms with Crippen LogP contribution in [0.3, 0.4) is 0 Å². The Balaban J connectivity index is 2.32. The summed E-state index contributed by atoms with van der Waals surface area (Å²) in [6.07, 6.45) is 2.37. The van der Waals surface area contributed by atoms with E-state index < -0.39 is 6.67 Å². The SMILES string of the molecule is CCOC(=O)C1CCCc2c1c1c(OC)ccc(Cl)c1n2CCF. The van der Waals surface area contributed by atoms with Crippen molar-refractivity contribution in [2.75, 3.05) is 20.4 Å².